The number of carbonyl (C=O) groups is 3. The minimum Gasteiger partial charge on any atom is -0.480 e. The van der Waals surface area contributed by atoms with E-state index in [2.05, 4.69) is 10.6 Å². The number of rotatable bonds is 6. The number of hydrogen-bond acceptors (Lipinski definition) is 3. The van der Waals surface area contributed by atoms with Crippen molar-refractivity contribution < 1.29 is 19.5 Å². The van der Waals surface area contributed by atoms with Gasteiger partial charge < -0.3 is 15.7 Å². The molecule has 0 aromatic heterocycles. The Kier molecular flexibility index (Phi) is 5.89. The summed E-state index contributed by atoms with van der Waals surface area (Å²) in [7, 11) is 0. The molecule has 0 radical (unpaired) electrons. The predicted octanol–water partition coefficient (Wildman–Crippen LogP) is 2.38. The van der Waals surface area contributed by atoms with Crippen LogP contribution in [-0.4, -0.2) is 28.9 Å². The maximum absolute atomic E-state index is 12.3. The van der Waals surface area contributed by atoms with Gasteiger partial charge in [0.25, 0.3) is 5.91 Å². The molecule has 0 aliphatic carbocycles. The number of carboxylic acids is 1. The number of hydrogen-bond donors (Lipinski definition) is 3. The number of carbonyl (C=O) groups excluding carboxylic acids is 2. The Morgan fingerprint density at radius 1 is 1.08 bits per heavy atom. The minimum absolute atomic E-state index is 0.201. The highest BCUT2D eigenvalue weighted by Crippen LogP contribution is 2.11. The average molecular weight is 340 g/mol. The molecule has 6 heteroatoms. The lowest BCUT2D eigenvalue weighted by molar-refractivity contribution is -0.139. The van der Waals surface area contributed by atoms with E-state index in [0.29, 0.717) is 11.3 Å². The van der Waals surface area contributed by atoms with Gasteiger partial charge in [0.2, 0.25) is 5.91 Å². The van der Waals surface area contributed by atoms with Crippen LogP contribution in [0.5, 0.6) is 0 Å². The molecule has 0 aliphatic rings. The van der Waals surface area contributed by atoms with E-state index in [1.165, 1.54) is 19.1 Å². The van der Waals surface area contributed by atoms with Crippen molar-refractivity contribution in [2.75, 3.05) is 5.32 Å². The molecule has 130 valence electrons. The van der Waals surface area contributed by atoms with Crippen LogP contribution in [-0.2, 0) is 16.0 Å². The maximum atomic E-state index is 12.3. The number of aliphatic carboxylic acids is 1. The summed E-state index contributed by atoms with van der Waals surface area (Å²) in [6.07, 6.45) is 0.201. The number of aryl methyl sites for hydroxylation is 1. The zero-order valence-corrected chi connectivity index (χ0v) is 14.1. The molecule has 6 nitrogen and oxygen atoms in total. The van der Waals surface area contributed by atoms with Gasteiger partial charge >= 0.3 is 5.97 Å². The van der Waals surface area contributed by atoms with Crippen LogP contribution in [0.1, 0.15) is 28.4 Å². The first-order valence-corrected chi connectivity index (χ1v) is 7.82. The van der Waals surface area contributed by atoms with Crippen LogP contribution in [0.2, 0.25) is 0 Å². The van der Waals surface area contributed by atoms with Gasteiger partial charge in [-0.2, -0.15) is 0 Å². The highest BCUT2D eigenvalue weighted by atomic mass is 16.4. The van der Waals surface area contributed by atoms with Crippen LogP contribution >= 0.6 is 0 Å². The third-order valence-corrected chi connectivity index (χ3v) is 3.59. The van der Waals surface area contributed by atoms with Crippen LogP contribution in [0.25, 0.3) is 0 Å². The molecule has 3 N–H and O–H groups in total. The summed E-state index contributed by atoms with van der Waals surface area (Å²) >= 11 is 0. The molecular formula is C19H20N2O4. The fourth-order valence-electron chi connectivity index (χ4n) is 2.42. The van der Waals surface area contributed by atoms with E-state index in [1.807, 2.05) is 31.2 Å². The van der Waals surface area contributed by atoms with E-state index < -0.39 is 17.9 Å². The predicted molar refractivity (Wildman–Crippen MR) is 94.5 cm³/mol. The molecule has 0 saturated heterocycles. The van der Waals surface area contributed by atoms with Crippen molar-refractivity contribution in [1.29, 1.82) is 0 Å². The lowest BCUT2D eigenvalue weighted by Gasteiger charge is -2.15. The van der Waals surface area contributed by atoms with Crippen molar-refractivity contribution in [3.8, 4) is 0 Å². The Morgan fingerprint density at radius 3 is 2.32 bits per heavy atom. The highest BCUT2D eigenvalue weighted by molar-refractivity contribution is 5.97. The molecule has 2 aromatic carbocycles. The van der Waals surface area contributed by atoms with Crippen molar-refractivity contribution in [3.63, 3.8) is 0 Å². The molecule has 2 rings (SSSR count). The fourth-order valence-corrected chi connectivity index (χ4v) is 2.42. The van der Waals surface area contributed by atoms with E-state index in [4.69, 9.17) is 0 Å². The lowest BCUT2D eigenvalue weighted by Crippen LogP contribution is -2.42. The summed E-state index contributed by atoms with van der Waals surface area (Å²) in [6.45, 7) is 3.32. The Hall–Kier alpha value is -3.15. The number of anilines is 1. The molecule has 1 atom stereocenters. The van der Waals surface area contributed by atoms with Gasteiger partial charge in [0.1, 0.15) is 6.04 Å². The molecule has 0 fully saturated rings. The van der Waals surface area contributed by atoms with Crippen molar-refractivity contribution in [1.82, 2.24) is 5.32 Å². The van der Waals surface area contributed by atoms with Gasteiger partial charge in [-0.05, 0) is 36.8 Å². The van der Waals surface area contributed by atoms with Crippen molar-refractivity contribution in [2.45, 2.75) is 26.3 Å². The number of amides is 2. The minimum atomic E-state index is -1.09. The SMILES string of the molecule is CC(=O)Nc1ccc(C(=O)N[C@H](Cc2cccc(C)c2)C(=O)O)cc1. The molecule has 0 saturated carbocycles. The summed E-state index contributed by atoms with van der Waals surface area (Å²) in [5, 5.41) is 14.5. The average Bonchev–Trinajstić information content (AvgIpc) is 2.54. The quantitative estimate of drug-likeness (QED) is 0.752. The summed E-state index contributed by atoms with van der Waals surface area (Å²) in [5.41, 5.74) is 2.76. The summed E-state index contributed by atoms with van der Waals surface area (Å²) < 4.78 is 0. The zero-order chi connectivity index (χ0) is 18.4. The fraction of sp³-hybridized carbons (Fsp3) is 0.211. The molecule has 2 amide bonds. The molecule has 0 aliphatic heterocycles. The van der Waals surface area contributed by atoms with Gasteiger partial charge in [0.05, 0.1) is 0 Å². The standard InChI is InChI=1S/C19H20N2O4/c1-12-4-3-5-14(10-12)11-17(19(24)25)21-18(23)15-6-8-16(9-7-15)20-13(2)22/h3-10,17H,11H2,1-2H3,(H,20,22)(H,21,23)(H,24,25)/t17-/m1/s1. The molecule has 0 bridgehead atoms. The smallest absolute Gasteiger partial charge is 0.326 e. The molecule has 25 heavy (non-hydrogen) atoms. The number of nitrogens with one attached hydrogen (secondary N) is 2. The van der Waals surface area contributed by atoms with Gasteiger partial charge in [-0.3, -0.25) is 9.59 Å². The second kappa shape index (κ2) is 8.10. The summed E-state index contributed by atoms with van der Waals surface area (Å²) in [4.78, 5) is 34.8. The summed E-state index contributed by atoms with van der Waals surface area (Å²) in [5.74, 6) is -1.78. The molecule has 2 aromatic rings. The first kappa shape index (κ1) is 18.2. The maximum Gasteiger partial charge on any atom is 0.326 e. The van der Waals surface area contributed by atoms with Gasteiger partial charge in [0, 0.05) is 24.6 Å². The third kappa shape index (κ3) is 5.46. The van der Waals surface area contributed by atoms with Crippen molar-refractivity contribution in [2.24, 2.45) is 0 Å². The van der Waals surface area contributed by atoms with Gasteiger partial charge in [-0.25, -0.2) is 4.79 Å². The van der Waals surface area contributed by atoms with Gasteiger partial charge in [-0.15, -0.1) is 0 Å². The largest absolute Gasteiger partial charge is 0.480 e. The second-order valence-corrected chi connectivity index (χ2v) is 5.82. The first-order chi connectivity index (χ1) is 11.8. The van der Waals surface area contributed by atoms with Crippen LogP contribution in [0.15, 0.2) is 48.5 Å². The topological polar surface area (TPSA) is 95.5 Å². The first-order valence-electron chi connectivity index (χ1n) is 7.82. The zero-order valence-electron chi connectivity index (χ0n) is 14.1. The summed E-state index contributed by atoms with van der Waals surface area (Å²) in [6, 6.07) is 12.7. The molecule has 0 spiro atoms. The van der Waals surface area contributed by atoms with E-state index in [0.717, 1.165) is 11.1 Å². The van der Waals surface area contributed by atoms with E-state index in [-0.39, 0.29) is 12.3 Å². The second-order valence-electron chi connectivity index (χ2n) is 5.82. The Morgan fingerprint density at radius 2 is 1.76 bits per heavy atom. The number of benzene rings is 2. The Balaban J connectivity index is 2.07. The monoisotopic (exact) mass is 340 g/mol. The molecule has 0 heterocycles. The van der Waals surface area contributed by atoms with Crippen molar-refractivity contribution in [3.05, 3.63) is 65.2 Å². The lowest BCUT2D eigenvalue weighted by atomic mass is 10.0. The van der Waals surface area contributed by atoms with Gasteiger partial charge in [-0.1, -0.05) is 29.8 Å². The third-order valence-electron chi connectivity index (χ3n) is 3.59. The van der Waals surface area contributed by atoms with Crippen LogP contribution in [0.4, 0.5) is 5.69 Å². The Bertz CT molecular complexity index is 784. The van der Waals surface area contributed by atoms with E-state index in [1.54, 1.807) is 12.1 Å². The van der Waals surface area contributed by atoms with Crippen LogP contribution < -0.4 is 10.6 Å². The van der Waals surface area contributed by atoms with Gasteiger partial charge in [0.15, 0.2) is 0 Å². The van der Waals surface area contributed by atoms with Crippen LogP contribution in [0, 0.1) is 6.92 Å². The molecule has 0 unspecified atom stereocenters. The Labute approximate surface area is 145 Å². The molecular weight excluding hydrogens is 320 g/mol. The van der Waals surface area contributed by atoms with E-state index in [9.17, 15) is 19.5 Å². The normalized spacial score (nSPS) is 11.4. The highest BCUT2D eigenvalue weighted by Gasteiger charge is 2.21. The van der Waals surface area contributed by atoms with Crippen molar-refractivity contribution >= 4 is 23.5 Å². The van der Waals surface area contributed by atoms with Crippen LogP contribution in [0.3, 0.4) is 0 Å². The van der Waals surface area contributed by atoms with E-state index >= 15 is 0 Å². The number of carboxylic acid groups (broad SMARTS) is 1.